The number of hydrogen-bond acceptors (Lipinski definition) is 7. The molecule has 0 spiro atoms. The smallest absolute Gasteiger partial charge is 0.293 e. The van der Waals surface area contributed by atoms with E-state index in [1.54, 1.807) is 0 Å². The molecule has 1 aliphatic heterocycles. The summed E-state index contributed by atoms with van der Waals surface area (Å²) in [4.78, 5) is 10.2. The van der Waals surface area contributed by atoms with Gasteiger partial charge in [0.05, 0.1) is 11.0 Å². The van der Waals surface area contributed by atoms with Crippen molar-refractivity contribution in [1.29, 1.82) is 0 Å². The first-order valence-corrected chi connectivity index (χ1v) is 9.21. The van der Waals surface area contributed by atoms with Crippen LogP contribution in [0.2, 0.25) is 0 Å². The molecule has 25 heavy (non-hydrogen) atoms. The highest BCUT2D eigenvalue weighted by Crippen LogP contribution is 2.39. The van der Waals surface area contributed by atoms with Gasteiger partial charge in [0.15, 0.2) is 16.4 Å². The summed E-state index contributed by atoms with van der Waals surface area (Å²) in [7, 11) is -4.08. The Labute approximate surface area is 151 Å². The highest BCUT2D eigenvalue weighted by atomic mass is 35.5. The predicted molar refractivity (Wildman–Crippen MR) is 91.8 cm³/mol. The number of nitrogens with one attached hydrogen (secondary N) is 1. The van der Waals surface area contributed by atoms with Gasteiger partial charge in [0.25, 0.3) is 5.69 Å². The van der Waals surface area contributed by atoms with E-state index in [9.17, 15) is 18.5 Å². The highest BCUT2D eigenvalue weighted by Gasteiger charge is 2.35. The van der Waals surface area contributed by atoms with Crippen molar-refractivity contribution in [1.82, 2.24) is 4.72 Å². The second kappa shape index (κ2) is 7.73. The summed E-state index contributed by atoms with van der Waals surface area (Å²) in [6.45, 7) is 0.890. The SMILES string of the molecule is Cl.NCC1CCCC1NS(=O)(=O)c1cc2c(cc1[N+](=O)[O-])OCCO2. The molecule has 9 nitrogen and oxygen atoms in total. The number of sulfonamides is 1. The second-order valence-electron chi connectivity index (χ2n) is 5.88. The first kappa shape index (κ1) is 19.7. The fraction of sp³-hybridized carbons (Fsp3) is 0.571. The molecule has 2 atom stereocenters. The van der Waals surface area contributed by atoms with Gasteiger partial charge in [-0.1, -0.05) is 6.42 Å². The van der Waals surface area contributed by atoms with E-state index in [-0.39, 0.29) is 49.1 Å². The third-order valence-corrected chi connectivity index (χ3v) is 5.90. The Bertz CT molecular complexity index is 757. The molecule has 0 bridgehead atoms. The van der Waals surface area contributed by atoms with Gasteiger partial charge >= 0.3 is 0 Å². The van der Waals surface area contributed by atoms with Crippen molar-refractivity contribution in [2.24, 2.45) is 11.7 Å². The summed E-state index contributed by atoms with van der Waals surface area (Å²) in [5, 5.41) is 11.3. The molecule has 2 unspecified atom stereocenters. The van der Waals surface area contributed by atoms with Gasteiger partial charge in [-0.25, -0.2) is 13.1 Å². The minimum atomic E-state index is -4.08. The number of nitro benzene ring substituents is 1. The maximum Gasteiger partial charge on any atom is 0.293 e. The average Bonchev–Trinajstić information content (AvgIpc) is 3.00. The third kappa shape index (κ3) is 3.97. The Morgan fingerprint density at radius 3 is 2.48 bits per heavy atom. The number of rotatable bonds is 5. The number of halogens is 1. The first-order chi connectivity index (χ1) is 11.4. The van der Waals surface area contributed by atoms with Crippen molar-refractivity contribution in [3.05, 3.63) is 22.2 Å². The summed E-state index contributed by atoms with van der Waals surface area (Å²) in [6, 6.07) is 1.94. The van der Waals surface area contributed by atoms with Crippen LogP contribution >= 0.6 is 12.4 Å². The maximum absolute atomic E-state index is 12.7. The Morgan fingerprint density at radius 2 is 1.88 bits per heavy atom. The van der Waals surface area contributed by atoms with Gasteiger partial charge in [0.1, 0.15) is 13.2 Å². The molecule has 1 fully saturated rings. The van der Waals surface area contributed by atoms with Crippen LogP contribution in [0.5, 0.6) is 11.5 Å². The monoisotopic (exact) mass is 393 g/mol. The number of ether oxygens (including phenoxy) is 2. The molecule has 1 aromatic rings. The molecule has 1 saturated carbocycles. The summed E-state index contributed by atoms with van der Waals surface area (Å²) in [5.74, 6) is 0.401. The molecule has 0 amide bonds. The van der Waals surface area contributed by atoms with Crippen LogP contribution in [-0.2, 0) is 10.0 Å². The summed E-state index contributed by atoms with van der Waals surface area (Å²) in [5.41, 5.74) is 5.14. The van der Waals surface area contributed by atoms with Crippen LogP contribution in [0.25, 0.3) is 0 Å². The third-order valence-electron chi connectivity index (χ3n) is 4.38. The van der Waals surface area contributed by atoms with Gasteiger partial charge in [0, 0.05) is 12.1 Å². The van der Waals surface area contributed by atoms with Crippen LogP contribution in [0.4, 0.5) is 5.69 Å². The van der Waals surface area contributed by atoms with Gasteiger partial charge < -0.3 is 15.2 Å². The summed E-state index contributed by atoms with van der Waals surface area (Å²) in [6.07, 6.45) is 2.38. The zero-order valence-corrected chi connectivity index (χ0v) is 15.0. The van der Waals surface area contributed by atoms with E-state index in [0.29, 0.717) is 13.0 Å². The number of nitrogens with zero attached hydrogens (tertiary/aromatic N) is 1. The van der Waals surface area contributed by atoms with E-state index >= 15 is 0 Å². The zero-order valence-electron chi connectivity index (χ0n) is 13.3. The van der Waals surface area contributed by atoms with Crippen LogP contribution in [0.15, 0.2) is 17.0 Å². The number of benzene rings is 1. The van der Waals surface area contributed by atoms with Crippen molar-refractivity contribution in [3.8, 4) is 11.5 Å². The molecule has 3 rings (SSSR count). The molecule has 140 valence electrons. The van der Waals surface area contributed by atoms with E-state index < -0.39 is 25.5 Å². The molecule has 0 saturated heterocycles. The number of fused-ring (bicyclic) bond motifs is 1. The predicted octanol–water partition coefficient (Wildman–Crippen LogP) is 1.19. The zero-order chi connectivity index (χ0) is 17.3. The van der Waals surface area contributed by atoms with Gasteiger partial charge in [-0.15, -0.1) is 12.4 Å². The number of hydrogen-bond donors (Lipinski definition) is 2. The molecule has 11 heteroatoms. The molecule has 1 aliphatic carbocycles. The van der Waals surface area contributed by atoms with Crippen molar-refractivity contribution < 1.29 is 22.8 Å². The van der Waals surface area contributed by atoms with Crippen LogP contribution in [0, 0.1) is 16.0 Å². The van der Waals surface area contributed by atoms with E-state index in [2.05, 4.69) is 4.72 Å². The van der Waals surface area contributed by atoms with Crippen LogP contribution in [0.1, 0.15) is 19.3 Å². The van der Waals surface area contributed by atoms with Crippen molar-refractivity contribution >= 4 is 28.1 Å². The maximum atomic E-state index is 12.7. The largest absolute Gasteiger partial charge is 0.486 e. The topological polar surface area (TPSA) is 134 Å². The first-order valence-electron chi connectivity index (χ1n) is 7.73. The van der Waals surface area contributed by atoms with Crippen LogP contribution in [0.3, 0.4) is 0 Å². The van der Waals surface area contributed by atoms with E-state index in [1.165, 1.54) is 0 Å². The molecular weight excluding hydrogens is 374 g/mol. The molecule has 1 heterocycles. The molecular formula is C14H20ClN3O6S. The Hall–Kier alpha value is -1.62. The summed E-state index contributed by atoms with van der Waals surface area (Å²) >= 11 is 0. The average molecular weight is 394 g/mol. The van der Waals surface area contributed by atoms with E-state index in [4.69, 9.17) is 15.2 Å². The number of nitro groups is 1. The summed E-state index contributed by atoms with van der Waals surface area (Å²) < 4.78 is 38.6. The van der Waals surface area contributed by atoms with Gasteiger partial charge in [0.2, 0.25) is 10.0 Å². The Morgan fingerprint density at radius 1 is 1.24 bits per heavy atom. The van der Waals surface area contributed by atoms with E-state index in [1.807, 2.05) is 0 Å². The van der Waals surface area contributed by atoms with Gasteiger partial charge in [-0.3, -0.25) is 10.1 Å². The molecule has 3 N–H and O–H groups in total. The Kier molecular flexibility index (Phi) is 6.09. The van der Waals surface area contributed by atoms with Crippen molar-refractivity contribution in [3.63, 3.8) is 0 Å². The molecule has 0 radical (unpaired) electrons. The van der Waals surface area contributed by atoms with Crippen LogP contribution < -0.4 is 19.9 Å². The number of nitrogens with two attached hydrogens (primary N) is 1. The van der Waals surface area contributed by atoms with Gasteiger partial charge in [-0.2, -0.15) is 0 Å². The minimum absolute atomic E-state index is 0. The Balaban J connectivity index is 0.00000225. The molecule has 0 aromatic heterocycles. The quantitative estimate of drug-likeness (QED) is 0.566. The fourth-order valence-electron chi connectivity index (χ4n) is 3.15. The second-order valence-corrected chi connectivity index (χ2v) is 7.56. The highest BCUT2D eigenvalue weighted by molar-refractivity contribution is 7.89. The molecule has 2 aliphatic rings. The van der Waals surface area contributed by atoms with Crippen LogP contribution in [-0.4, -0.2) is 39.1 Å². The lowest BCUT2D eigenvalue weighted by atomic mass is 10.1. The lowest BCUT2D eigenvalue weighted by Crippen LogP contribution is -2.40. The van der Waals surface area contributed by atoms with Gasteiger partial charge in [-0.05, 0) is 25.3 Å². The lowest BCUT2D eigenvalue weighted by molar-refractivity contribution is -0.388. The standard InChI is InChI=1S/C14H19N3O6S.ClH/c15-8-9-2-1-3-10(9)16-24(20,21)14-7-13-12(22-4-5-23-13)6-11(14)17(18)19;/h6-7,9-10,16H,1-5,8,15H2;1H. The molecule has 1 aromatic carbocycles. The van der Waals surface area contributed by atoms with Crippen molar-refractivity contribution in [2.75, 3.05) is 19.8 Å². The van der Waals surface area contributed by atoms with Crippen molar-refractivity contribution in [2.45, 2.75) is 30.2 Å². The lowest BCUT2D eigenvalue weighted by Gasteiger charge is -2.21. The minimum Gasteiger partial charge on any atom is -0.486 e. The van der Waals surface area contributed by atoms with E-state index in [0.717, 1.165) is 25.0 Å². The fourth-order valence-corrected chi connectivity index (χ4v) is 4.66. The normalized spacial score (nSPS) is 22.3.